The van der Waals surface area contributed by atoms with Crippen molar-refractivity contribution >= 4 is 21.8 Å². The molecule has 4 aromatic heterocycles. The van der Waals surface area contributed by atoms with Gasteiger partial charge in [-0.25, -0.2) is 9.97 Å². The monoisotopic (exact) mass is 534 g/mol. The molecule has 0 bridgehead atoms. The molecule has 0 amide bonds. The molecule has 202 valence electrons. The number of aryl methyl sites for hydroxylation is 1. The number of aromatic nitrogens is 4. The topological polar surface area (TPSA) is 91.5 Å². The second-order valence-corrected chi connectivity index (χ2v) is 9.91. The number of fused-ring (bicyclic) bond motifs is 3. The van der Waals surface area contributed by atoms with Crippen LogP contribution in [0, 0.1) is 11.8 Å². The number of pyridine rings is 3. The first-order valence-corrected chi connectivity index (χ1v) is 13.4. The maximum atomic E-state index is 8.81. The summed E-state index contributed by atoms with van der Waals surface area (Å²) in [6.07, 6.45) is 8.76. The van der Waals surface area contributed by atoms with Crippen LogP contribution in [0.25, 0.3) is 32.9 Å². The zero-order valence-electron chi connectivity index (χ0n) is 22.4. The lowest BCUT2D eigenvalue weighted by molar-refractivity contribution is 0.00209. The highest BCUT2D eigenvalue weighted by Gasteiger charge is 2.33. The van der Waals surface area contributed by atoms with Gasteiger partial charge in [0.25, 0.3) is 0 Å². The van der Waals surface area contributed by atoms with Gasteiger partial charge in [0.15, 0.2) is 0 Å². The summed E-state index contributed by atoms with van der Waals surface area (Å²) in [7, 11) is 2.08. The third-order valence-electron chi connectivity index (χ3n) is 7.12. The molecule has 1 saturated carbocycles. The van der Waals surface area contributed by atoms with Crippen molar-refractivity contribution in [2.24, 2.45) is 7.05 Å². The van der Waals surface area contributed by atoms with Crippen LogP contribution in [0.1, 0.15) is 25.5 Å². The van der Waals surface area contributed by atoms with Crippen LogP contribution in [0.15, 0.2) is 73.3 Å². The number of aliphatic hydroxyl groups excluding tert-OH is 1. The Kier molecular flexibility index (Phi) is 7.32. The van der Waals surface area contributed by atoms with Gasteiger partial charge in [-0.3, -0.25) is 4.98 Å². The first-order chi connectivity index (χ1) is 19.6. The van der Waals surface area contributed by atoms with Gasteiger partial charge in [-0.2, -0.15) is 0 Å². The van der Waals surface area contributed by atoms with Crippen LogP contribution in [-0.2, 0) is 11.8 Å². The minimum absolute atomic E-state index is 0.0191. The highest BCUT2D eigenvalue weighted by Crippen LogP contribution is 2.32. The van der Waals surface area contributed by atoms with E-state index in [0.717, 1.165) is 34.9 Å². The molecule has 0 aliphatic heterocycles. The molecule has 1 atom stereocenters. The van der Waals surface area contributed by atoms with Crippen LogP contribution < -0.4 is 9.47 Å². The Morgan fingerprint density at radius 2 is 1.77 bits per heavy atom. The predicted molar refractivity (Wildman–Crippen MR) is 153 cm³/mol. The third-order valence-corrected chi connectivity index (χ3v) is 7.12. The van der Waals surface area contributed by atoms with Crippen molar-refractivity contribution in [3.8, 4) is 34.6 Å². The van der Waals surface area contributed by atoms with E-state index in [1.807, 2.05) is 49.8 Å². The second kappa shape index (κ2) is 11.3. The molecule has 1 unspecified atom stereocenters. The van der Waals surface area contributed by atoms with Crippen LogP contribution in [0.4, 0.5) is 0 Å². The van der Waals surface area contributed by atoms with Gasteiger partial charge in [0.2, 0.25) is 5.88 Å². The summed E-state index contributed by atoms with van der Waals surface area (Å²) < 4.78 is 19.6. The minimum Gasteiger partial charge on any atom is -0.489 e. The highest BCUT2D eigenvalue weighted by molar-refractivity contribution is 6.08. The van der Waals surface area contributed by atoms with E-state index in [0.29, 0.717) is 17.3 Å². The molecule has 6 rings (SSSR count). The molecule has 1 aromatic carbocycles. The average Bonchev–Trinajstić information content (AvgIpc) is 3.26. The van der Waals surface area contributed by atoms with Crippen molar-refractivity contribution < 1.29 is 19.3 Å². The summed E-state index contributed by atoms with van der Waals surface area (Å²) in [4.78, 5) is 13.2. The Morgan fingerprint density at radius 1 is 0.925 bits per heavy atom. The maximum Gasteiger partial charge on any atom is 0.213 e. The number of aliphatic hydroxyl groups is 1. The molecule has 1 fully saturated rings. The fourth-order valence-corrected chi connectivity index (χ4v) is 4.90. The largest absolute Gasteiger partial charge is 0.489 e. The lowest BCUT2D eigenvalue weighted by Crippen LogP contribution is -2.41. The first-order valence-electron chi connectivity index (χ1n) is 13.4. The van der Waals surface area contributed by atoms with Gasteiger partial charge in [0.1, 0.15) is 29.8 Å². The number of benzene rings is 1. The van der Waals surface area contributed by atoms with Crippen molar-refractivity contribution in [3.63, 3.8) is 0 Å². The van der Waals surface area contributed by atoms with E-state index in [1.165, 1.54) is 10.9 Å². The van der Waals surface area contributed by atoms with Crippen LogP contribution in [-0.4, -0.2) is 56.2 Å². The van der Waals surface area contributed by atoms with Crippen molar-refractivity contribution in [2.45, 2.75) is 38.1 Å². The smallest absolute Gasteiger partial charge is 0.213 e. The van der Waals surface area contributed by atoms with Gasteiger partial charge >= 0.3 is 0 Å². The maximum absolute atomic E-state index is 8.81. The Balaban J connectivity index is 1.02. The van der Waals surface area contributed by atoms with E-state index < -0.39 is 0 Å². The van der Waals surface area contributed by atoms with Crippen LogP contribution >= 0.6 is 0 Å². The molecule has 1 aliphatic carbocycles. The fraction of sp³-hybridized carbons (Fsp3) is 0.281. The predicted octanol–water partition coefficient (Wildman–Crippen LogP) is 4.92. The van der Waals surface area contributed by atoms with Crippen molar-refractivity contribution in [1.29, 1.82) is 0 Å². The number of rotatable bonds is 8. The molecule has 8 heteroatoms. The van der Waals surface area contributed by atoms with E-state index in [4.69, 9.17) is 19.3 Å². The number of nitrogens with zero attached hydrogens (tertiary/aromatic N) is 4. The third kappa shape index (κ3) is 5.48. The summed E-state index contributed by atoms with van der Waals surface area (Å²) in [5.74, 6) is 7.26. The normalized spacial score (nSPS) is 17.2. The second-order valence-electron chi connectivity index (χ2n) is 9.91. The summed E-state index contributed by atoms with van der Waals surface area (Å²) >= 11 is 0. The Bertz CT molecular complexity index is 1680. The quantitative estimate of drug-likeness (QED) is 0.283. The SMILES string of the molecule is CC(C#Cc1ccc(OC2CC(Oc3ccc(-c4ccc5c6cnccc6n(C)c5c4)cn3)C2)cn1)OCCO. The summed E-state index contributed by atoms with van der Waals surface area (Å²) in [5.41, 5.74) is 5.13. The molecule has 0 radical (unpaired) electrons. The number of hydrogen-bond acceptors (Lipinski definition) is 7. The lowest BCUT2D eigenvalue weighted by atomic mass is 9.92. The summed E-state index contributed by atoms with van der Waals surface area (Å²) in [5, 5.41) is 11.2. The Hall–Kier alpha value is -4.45. The van der Waals surface area contributed by atoms with Gasteiger partial charge in [0, 0.05) is 66.4 Å². The van der Waals surface area contributed by atoms with E-state index in [2.05, 4.69) is 62.7 Å². The van der Waals surface area contributed by atoms with Crippen LogP contribution in [0.3, 0.4) is 0 Å². The van der Waals surface area contributed by atoms with Gasteiger partial charge < -0.3 is 23.9 Å². The molecule has 8 nitrogen and oxygen atoms in total. The van der Waals surface area contributed by atoms with E-state index in [1.54, 1.807) is 6.20 Å². The number of ether oxygens (including phenoxy) is 3. The molecule has 1 N–H and O–H groups in total. The minimum atomic E-state index is -0.264. The summed E-state index contributed by atoms with van der Waals surface area (Å²) in [6, 6.07) is 16.2. The summed E-state index contributed by atoms with van der Waals surface area (Å²) in [6.45, 7) is 2.09. The van der Waals surface area contributed by atoms with Crippen molar-refractivity contribution in [2.75, 3.05) is 13.2 Å². The van der Waals surface area contributed by atoms with Gasteiger partial charge in [-0.1, -0.05) is 18.1 Å². The molecular formula is C32H30N4O4. The van der Waals surface area contributed by atoms with Crippen LogP contribution in [0.5, 0.6) is 11.6 Å². The zero-order valence-corrected chi connectivity index (χ0v) is 22.4. The molecule has 5 aromatic rings. The van der Waals surface area contributed by atoms with Gasteiger partial charge in [0.05, 0.1) is 24.9 Å². The first kappa shape index (κ1) is 25.8. The molecule has 0 spiro atoms. The standard InChI is InChI=1S/C32H30N4O4/c1-21(38-14-13-37)3-6-24-7-8-25(19-34-24)39-26-16-27(17-26)40-32-10-5-23(18-35-32)22-4-9-28-29-20-33-12-11-30(29)36(2)31(28)15-22/h4-5,7-12,15,18-21,26-27,37H,13-14,16-17H2,1-2H3. The average molecular weight is 535 g/mol. The molecule has 1 aliphatic rings. The zero-order chi connectivity index (χ0) is 27.5. The van der Waals surface area contributed by atoms with E-state index in [-0.39, 0.29) is 31.5 Å². The van der Waals surface area contributed by atoms with Crippen LogP contribution in [0.2, 0.25) is 0 Å². The molecule has 0 saturated heterocycles. The molecule has 4 heterocycles. The lowest BCUT2D eigenvalue weighted by Gasteiger charge is -2.34. The highest BCUT2D eigenvalue weighted by atomic mass is 16.5. The number of hydrogen-bond donors (Lipinski definition) is 1. The Morgan fingerprint density at radius 3 is 2.55 bits per heavy atom. The van der Waals surface area contributed by atoms with Gasteiger partial charge in [-0.15, -0.1) is 0 Å². The van der Waals surface area contributed by atoms with Crippen molar-refractivity contribution in [3.05, 3.63) is 79.0 Å². The van der Waals surface area contributed by atoms with E-state index in [9.17, 15) is 0 Å². The fourth-order valence-electron chi connectivity index (χ4n) is 4.90. The van der Waals surface area contributed by atoms with Gasteiger partial charge in [-0.05, 0) is 48.7 Å². The van der Waals surface area contributed by atoms with E-state index >= 15 is 0 Å². The van der Waals surface area contributed by atoms with Crippen molar-refractivity contribution in [1.82, 2.24) is 19.5 Å². The molecular weight excluding hydrogens is 504 g/mol. The molecule has 40 heavy (non-hydrogen) atoms. The Labute approximate surface area is 232 Å².